The number of H-pyrrole nitrogens is 1. The Hall–Kier alpha value is -2.27. The lowest BCUT2D eigenvalue weighted by molar-refractivity contribution is -0.0399. The van der Waals surface area contributed by atoms with Crippen LogP contribution < -0.4 is 11.2 Å². The Labute approximate surface area is 149 Å². The highest BCUT2D eigenvalue weighted by Crippen LogP contribution is 2.28. The number of aliphatic hydroxyl groups is 1. The van der Waals surface area contributed by atoms with E-state index in [0.29, 0.717) is 0 Å². The molecule has 0 radical (unpaired) electrons. The van der Waals surface area contributed by atoms with Gasteiger partial charge < -0.3 is 9.84 Å². The van der Waals surface area contributed by atoms with Gasteiger partial charge in [-0.3, -0.25) is 18.5 Å². The number of hydrogen-bond acceptors (Lipinski definition) is 7. The molecule has 1 fully saturated rings. The van der Waals surface area contributed by atoms with Gasteiger partial charge in [0.25, 0.3) is 15.7 Å². The van der Waals surface area contributed by atoms with Gasteiger partial charge >= 0.3 is 5.69 Å². The first kappa shape index (κ1) is 18.5. The second kappa shape index (κ2) is 7.16. The van der Waals surface area contributed by atoms with Crippen molar-refractivity contribution in [1.29, 1.82) is 0 Å². The minimum Gasteiger partial charge on any atom is -0.390 e. The van der Waals surface area contributed by atoms with Gasteiger partial charge in [0.1, 0.15) is 12.3 Å². The largest absolute Gasteiger partial charge is 0.390 e. The Morgan fingerprint density at radius 3 is 2.62 bits per heavy atom. The summed E-state index contributed by atoms with van der Waals surface area (Å²) in [6, 6.07) is 7.31. The number of rotatable bonds is 5. The third kappa shape index (κ3) is 3.93. The predicted molar refractivity (Wildman–Crippen MR) is 90.2 cm³/mol. The Bertz CT molecular complexity index is 994. The van der Waals surface area contributed by atoms with Crippen molar-refractivity contribution in [2.75, 3.05) is 6.61 Å². The summed E-state index contributed by atoms with van der Waals surface area (Å²) in [6.45, 7) is 1.44. The monoisotopic (exact) mass is 382 g/mol. The van der Waals surface area contributed by atoms with E-state index in [2.05, 4.69) is 4.98 Å². The van der Waals surface area contributed by atoms with E-state index in [1.807, 2.05) is 6.92 Å². The van der Waals surface area contributed by atoms with Crippen molar-refractivity contribution in [3.63, 3.8) is 0 Å². The molecule has 3 atom stereocenters. The Kier molecular flexibility index (Phi) is 5.10. The molecule has 26 heavy (non-hydrogen) atoms. The molecule has 0 spiro atoms. The van der Waals surface area contributed by atoms with E-state index in [9.17, 15) is 23.1 Å². The summed E-state index contributed by atoms with van der Waals surface area (Å²) in [5.74, 6) is 0. The molecule has 0 saturated carbocycles. The first-order chi connectivity index (χ1) is 12.3. The number of nitrogens with zero attached hydrogens (tertiary/aromatic N) is 1. The topological polar surface area (TPSA) is 128 Å². The zero-order chi connectivity index (χ0) is 18.9. The van der Waals surface area contributed by atoms with Crippen LogP contribution in [0, 0.1) is 6.92 Å². The molecular weight excluding hydrogens is 364 g/mol. The maximum absolute atomic E-state index is 12.2. The van der Waals surface area contributed by atoms with Gasteiger partial charge in [-0.15, -0.1) is 0 Å². The van der Waals surface area contributed by atoms with Gasteiger partial charge in [0.15, 0.2) is 0 Å². The first-order valence-corrected chi connectivity index (χ1v) is 9.28. The summed E-state index contributed by atoms with van der Waals surface area (Å²) >= 11 is 0. The summed E-state index contributed by atoms with van der Waals surface area (Å²) in [6.07, 6.45) is -1.47. The van der Waals surface area contributed by atoms with Gasteiger partial charge in [-0.25, -0.2) is 4.79 Å². The van der Waals surface area contributed by atoms with Crippen LogP contribution in [0.25, 0.3) is 0 Å². The van der Waals surface area contributed by atoms with Gasteiger partial charge in [0.2, 0.25) is 0 Å². The zero-order valence-corrected chi connectivity index (χ0v) is 14.7. The normalized spacial score (nSPS) is 23.2. The number of aryl methyl sites for hydroxylation is 1. The van der Waals surface area contributed by atoms with Crippen molar-refractivity contribution in [3.8, 4) is 0 Å². The van der Waals surface area contributed by atoms with Crippen molar-refractivity contribution in [1.82, 2.24) is 9.55 Å². The first-order valence-electron chi connectivity index (χ1n) is 7.87. The van der Waals surface area contributed by atoms with Crippen molar-refractivity contribution >= 4 is 10.1 Å². The molecule has 9 nitrogen and oxygen atoms in total. The highest BCUT2D eigenvalue weighted by molar-refractivity contribution is 7.86. The highest BCUT2D eigenvalue weighted by atomic mass is 32.2. The van der Waals surface area contributed by atoms with E-state index in [-0.39, 0.29) is 11.3 Å². The molecule has 1 aromatic heterocycles. The molecule has 2 N–H and O–H groups in total. The standard InChI is InChI=1S/C16H18N2O7S/c1-10-2-4-11(5-3-10)26(22,23)24-9-13-12(19)8-15(25-13)18-7-6-14(20)17-16(18)21/h2-7,12-13,15,19H,8-9H2,1H3,(H,17,20,21)/t12-,13-,15-/m1/s1. The molecule has 1 aliphatic heterocycles. The molecule has 0 unspecified atom stereocenters. The van der Waals surface area contributed by atoms with Crippen LogP contribution >= 0.6 is 0 Å². The van der Waals surface area contributed by atoms with E-state index in [4.69, 9.17) is 8.92 Å². The molecule has 1 saturated heterocycles. The number of benzene rings is 1. The van der Waals surface area contributed by atoms with Crippen LogP contribution in [-0.4, -0.2) is 41.9 Å². The molecule has 2 heterocycles. The van der Waals surface area contributed by atoms with Crippen LogP contribution in [0.15, 0.2) is 51.0 Å². The molecular formula is C16H18N2O7S. The number of aromatic nitrogens is 2. The van der Waals surface area contributed by atoms with Crippen LogP contribution in [0.1, 0.15) is 18.2 Å². The lowest BCUT2D eigenvalue weighted by atomic mass is 10.2. The second-order valence-corrected chi connectivity index (χ2v) is 7.62. The quantitative estimate of drug-likeness (QED) is 0.691. The summed E-state index contributed by atoms with van der Waals surface area (Å²) in [5.41, 5.74) is -0.315. The second-order valence-electron chi connectivity index (χ2n) is 6.00. The van der Waals surface area contributed by atoms with Gasteiger partial charge in [-0.1, -0.05) is 17.7 Å². The zero-order valence-electron chi connectivity index (χ0n) is 13.9. The van der Waals surface area contributed by atoms with Crippen molar-refractivity contribution in [2.45, 2.75) is 36.7 Å². The summed E-state index contributed by atoms with van der Waals surface area (Å²) in [4.78, 5) is 25.0. The SMILES string of the molecule is Cc1ccc(S(=O)(=O)OC[C@H]2O[C@@H](n3ccc(=O)[nH]c3=O)C[C@H]2O)cc1. The fraction of sp³-hybridized carbons (Fsp3) is 0.375. The molecule has 2 aromatic rings. The number of aliphatic hydroxyl groups excluding tert-OH is 1. The average Bonchev–Trinajstić information content (AvgIpc) is 2.94. The highest BCUT2D eigenvalue weighted by Gasteiger charge is 2.36. The maximum atomic E-state index is 12.2. The molecule has 1 aliphatic rings. The van der Waals surface area contributed by atoms with Crippen LogP contribution in [0.3, 0.4) is 0 Å². The van der Waals surface area contributed by atoms with Crippen LogP contribution in [-0.2, 0) is 19.0 Å². The minimum atomic E-state index is -3.99. The predicted octanol–water partition coefficient (Wildman–Crippen LogP) is -0.101. The number of hydrogen-bond donors (Lipinski definition) is 2. The number of nitrogens with one attached hydrogen (secondary N) is 1. The van der Waals surface area contributed by atoms with Gasteiger partial charge in [0, 0.05) is 18.7 Å². The molecule has 10 heteroatoms. The van der Waals surface area contributed by atoms with E-state index in [1.54, 1.807) is 12.1 Å². The molecule has 1 aromatic carbocycles. The van der Waals surface area contributed by atoms with E-state index in [0.717, 1.165) is 16.2 Å². The average molecular weight is 382 g/mol. The Morgan fingerprint density at radius 1 is 1.27 bits per heavy atom. The Morgan fingerprint density at radius 2 is 1.96 bits per heavy atom. The Balaban J connectivity index is 1.68. The van der Waals surface area contributed by atoms with E-state index >= 15 is 0 Å². The molecule has 0 aliphatic carbocycles. The maximum Gasteiger partial charge on any atom is 0.330 e. The van der Waals surface area contributed by atoms with E-state index < -0.39 is 46.4 Å². The van der Waals surface area contributed by atoms with Gasteiger partial charge in [-0.2, -0.15) is 8.42 Å². The van der Waals surface area contributed by atoms with Gasteiger partial charge in [0.05, 0.1) is 17.6 Å². The van der Waals surface area contributed by atoms with Crippen molar-refractivity contribution in [2.24, 2.45) is 0 Å². The smallest absolute Gasteiger partial charge is 0.330 e. The fourth-order valence-electron chi connectivity index (χ4n) is 2.62. The molecule has 140 valence electrons. The van der Waals surface area contributed by atoms with Gasteiger partial charge in [-0.05, 0) is 19.1 Å². The third-order valence-electron chi connectivity index (χ3n) is 4.06. The van der Waals surface area contributed by atoms with Crippen molar-refractivity contribution < 1.29 is 22.4 Å². The molecule has 0 bridgehead atoms. The molecule has 0 amide bonds. The number of ether oxygens (including phenoxy) is 1. The van der Waals surface area contributed by atoms with Crippen LogP contribution in [0.5, 0.6) is 0 Å². The lowest BCUT2D eigenvalue weighted by Gasteiger charge is -2.16. The summed E-state index contributed by atoms with van der Waals surface area (Å²) in [7, 11) is -3.99. The van der Waals surface area contributed by atoms with Crippen molar-refractivity contribution in [3.05, 3.63) is 62.9 Å². The van der Waals surface area contributed by atoms with Crippen LogP contribution in [0.2, 0.25) is 0 Å². The van der Waals surface area contributed by atoms with Crippen LogP contribution in [0.4, 0.5) is 0 Å². The van der Waals surface area contributed by atoms with E-state index in [1.165, 1.54) is 18.3 Å². The summed E-state index contributed by atoms with van der Waals surface area (Å²) in [5, 5.41) is 10.1. The lowest BCUT2D eigenvalue weighted by Crippen LogP contribution is -2.32. The third-order valence-corrected chi connectivity index (χ3v) is 5.36. The fourth-order valence-corrected chi connectivity index (χ4v) is 3.54. The summed E-state index contributed by atoms with van der Waals surface area (Å²) < 4.78 is 36.0. The number of aromatic amines is 1. The molecule has 3 rings (SSSR count). The minimum absolute atomic E-state index is 0.00370.